The molecule has 0 radical (unpaired) electrons. The lowest BCUT2D eigenvalue weighted by molar-refractivity contribution is -0.385. The van der Waals surface area contributed by atoms with Gasteiger partial charge in [0.05, 0.1) is 20.6 Å². The molecule has 0 amide bonds. The Morgan fingerprint density at radius 3 is 2.50 bits per heavy atom. The van der Waals surface area contributed by atoms with Crippen molar-refractivity contribution < 1.29 is 18.4 Å². The molecule has 0 bridgehead atoms. The summed E-state index contributed by atoms with van der Waals surface area (Å²) in [5, 5.41) is 19.5. The van der Waals surface area contributed by atoms with Crippen LogP contribution in [0.5, 0.6) is 5.75 Å². The molecular formula is C8H8ClNO5S. The molecule has 1 aromatic rings. The largest absolute Gasteiger partial charge is 0.502 e. The minimum atomic E-state index is -3.61. The van der Waals surface area contributed by atoms with Gasteiger partial charge in [0.15, 0.2) is 15.6 Å². The van der Waals surface area contributed by atoms with Crippen LogP contribution in [0.3, 0.4) is 0 Å². The van der Waals surface area contributed by atoms with E-state index < -0.39 is 26.2 Å². The number of halogens is 1. The first-order valence-electron chi connectivity index (χ1n) is 4.19. The van der Waals surface area contributed by atoms with Gasteiger partial charge >= 0.3 is 5.69 Å². The number of aromatic hydroxyl groups is 1. The van der Waals surface area contributed by atoms with Crippen LogP contribution in [0.2, 0.25) is 5.02 Å². The van der Waals surface area contributed by atoms with E-state index in [2.05, 4.69) is 0 Å². The van der Waals surface area contributed by atoms with E-state index in [1.807, 2.05) is 0 Å². The smallest absolute Gasteiger partial charge is 0.312 e. The molecule has 0 spiro atoms. The molecule has 0 atom stereocenters. The highest BCUT2D eigenvalue weighted by Gasteiger charge is 2.23. The van der Waals surface area contributed by atoms with Crippen LogP contribution in [0.4, 0.5) is 5.69 Å². The maximum absolute atomic E-state index is 11.5. The average Bonchev–Trinajstić information content (AvgIpc) is 2.20. The minimum Gasteiger partial charge on any atom is -0.502 e. The Morgan fingerprint density at radius 1 is 1.50 bits per heavy atom. The van der Waals surface area contributed by atoms with Crippen molar-refractivity contribution in [3.63, 3.8) is 0 Å². The maximum atomic E-state index is 11.5. The zero-order chi connectivity index (χ0) is 12.5. The normalized spacial score (nSPS) is 11.4. The van der Waals surface area contributed by atoms with E-state index in [0.717, 1.165) is 12.1 Å². The number of phenols is 1. The molecule has 1 aromatic carbocycles. The van der Waals surface area contributed by atoms with Crippen LogP contribution < -0.4 is 0 Å². The summed E-state index contributed by atoms with van der Waals surface area (Å²) in [7, 11) is -3.61. The number of nitro groups is 1. The lowest BCUT2D eigenvalue weighted by Crippen LogP contribution is -2.05. The molecule has 0 unspecified atom stereocenters. The minimum absolute atomic E-state index is 0.204. The zero-order valence-corrected chi connectivity index (χ0v) is 9.75. The average molecular weight is 266 g/mol. The Bertz CT molecular complexity index is 540. The number of rotatable bonds is 3. The summed E-state index contributed by atoms with van der Waals surface area (Å²) >= 11 is 5.61. The fourth-order valence-corrected chi connectivity index (χ4v) is 2.54. The van der Waals surface area contributed by atoms with Crippen LogP contribution in [-0.2, 0) is 9.84 Å². The monoisotopic (exact) mass is 265 g/mol. The van der Waals surface area contributed by atoms with Gasteiger partial charge < -0.3 is 5.11 Å². The van der Waals surface area contributed by atoms with E-state index in [-0.39, 0.29) is 15.7 Å². The van der Waals surface area contributed by atoms with Gasteiger partial charge in [-0.3, -0.25) is 10.1 Å². The predicted octanol–water partition coefficient (Wildman–Crippen LogP) is 1.75. The highest BCUT2D eigenvalue weighted by Crippen LogP contribution is 2.34. The van der Waals surface area contributed by atoms with Crippen molar-refractivity contribution >= 4 is 27.1 Å². The second-order valence-corrected chi connectivity index (χ2v) is 5.59. The zero-order valence-electron chi connectivity index (χ0n) is 8.18. The first-order valence-corrected chi connectivity index (χ1v) is 6.22. The highest BCUT2D eigenvalue weighted by atomic mass is 35.5. The molecule has 1 rings (SSSR count). The van der Waals surface area contributed by atoms with Crippen molar-refractivity contribution in [2.75, 3.05) is 5.75 Å². The van der Waals surface area contributed by atoms with Gasteiger partial charge in [-0.05, 0) is 0 Å². The van der Waals surface area contributed by atoms with Gasteiger partial charge in [0.25, 0.3) is 0 Å². The highest BCUT2D eigenvalue weighted by molar-refractivity contribution is 7.91. The first kappa shape index (κ1) is 12.7. The van der Waals surface area contributed by atoms with Crippen molar-refractivity contribution in [2.24, 2.45) is 0 Å². The van der Waals surface area contributed by atoms with Gasteiger partial charge in [-0.15, -0.1) is 0 Å². The Labute approximate surface area is 96.5 Å². The van der Waals surface area contributed by atoms with Gasteiger partial charge in [0.1, 0.15) is 0 Å². The van der Waals surface area contributed by atoms with E-state index in [1.165, 1.54) is 6.92 Å². The fourth-order valence-electron chi connectivity index (χ4n) is 1.07. The Morgan fingerprint density at radius 2 is 2.06 bits per heavy atom. The standard InChI is InChI=1S/C8H8ClNO5S/c1-2-16(14,15)8-4-7(11)6(10(12)13)3-5(8)9/h3-4,11H,2H2,1H3. The number of phenolic OH excluding ortho intramolecular Hbond substituents is 1. The molecule has 6 nitrogen and oxygen atoms in total. The van der Waals surface area contributed by atoms with E-state index >= 15 is 0 Å². The molecule has 16 heavy (non-hydrogen) atoms. The van der Waals surface area contributed by atoms with E-state index in [4.69, 9.17) is 11.6 Å². The number of sulfone groups is 1. The second-order valence-electron chi connectivity index (χ2n) is 2.93. The van der Waals surface area contributed by atoms with Crippen LogP contribution >= 0.6 is 11.6 Å². The quantitative estimate of drug-likeness (QED) is 0.663. The number of hydrogen-bond acceptors (Lipinski definition) is 5. The molecule has 0 aliphatic heterocycles. The summed E-state index contributed by atoms with van der Waals surface area (Å²) in [5.74, 6) is -0.925. The number of benzene rings is 1. The molecular weight excluding hydrogens is 258 g/mol. The third-order valence-corrected chi connectivity index (χ3v) is 4.13. The molecule has 88 valence electrons. The number of nitrogens with zero attached hydrogens (tertiary/aromatic N) is 1. The fraction of sp³-hybridized carbons (Fsp3) is 0.250. The number of nitro benzene ring substituents is 1. The van der Waals surface area contributed by atoms with Crippen LogP contribution in [0.25, 0.3) is 0 Å². The molecule has 0 aliphatic carbocycles. The molecule has 0 aliphatic rings. The topological polar surface area (TPSA) is 97.5 Å². The van der Waals surface area contributed by atoms with Crippen molar-refractivity contribution in [1.29, 1.82) is 0 Å². The van der Waals surface area contributed by atoms with Crippen LogP contribution in [0.1, 0.15) is 6.92 Å². The predicted molar refractivity (Wildman–Crippen MR) is 57.5 cm³/mol. The van der Waals surface area contributed by atoms with Crippen molar-refractivity contribution in [3.05, 3.63) is 27.3 Å². The first-order chi connectivity index (χ1) is 7.29. The van der Waals surface area contributed by atoms with Crippen molar-refractivity contribution in [3.8, 4) is 5.75 Å². The SMILES string of the molecule is CCS(=O)(=O)c1cc(O)c([N+](=O)[O-])cc1Cl. The van der Waals surface area contributed by atoms with E-state index in [1.54, 1.807) is 0 Å². The Balaban J connectivity index is 3.49. The van der Waals surface area contributed by atoms with E-state index in [0.29, 0.717) is 0 Å². The summed E-state index contributed by atoms with van der Waals surface area (Å²) < 4.78 is 23.0. The number of hydrogen-bond donors (Lipinski definition) is 1. The molecule has 8 heteroatoms. The Hall–Kier alpha value is -1.34. The summed E-state index contributed by atoms with van der Waals surface area (Å²) in [4.78, 5) is 9.29. The van der Waals surface area contributed by atoms with Gasteiger partial charge in [-0.1, -0.05) is 18.5 Å². The van der Waals surface area contributed by atoms with Gasteiger partial charge in [0, 0.05) is 12.1 Å². The van der Waals surface area contributed by atoms with Crippen LogP contribution in [0, 0.1) is 10.1 Å². The molecule has 0 aromatic heterocycles. The van der Waals surface area contributed by atoms with Crippen LogP contribution in [-0.4, -0.2) is 24.2 Å². The Kier molecular flexibility index (Phi) is 3.39. The van der Waals surface area contributed by atoms with Crippen molar-refractivity contribution in [2.45, 2.75) is 11.8 Å². The summed E-state index contributed by atoms with van der Waals surface area (Å²) in [5.41, 5.74) is -0.625. The van der Waals surface area contributed by atoms with Gasteiger partial charge in [0.2, 0.25) is 0 Å². The van der Waals surface area contributed by atoms with Crippen LogP contribution in [0.15, 0.2) is 17.0 Å². The van der Waals surface area contributed by atoms with Gasteiger partial charge in [-0.2, -0.15) is 0 Å². The third kappa shape index (κ3) is 2.25. The van der Waals surface area contributed by atoms with Gasteiger partial charge in [-0.25, -0.2) is 8.42 Å². The molecule has 0 fully saturated rings. The molecule has 1 N–H and O–H groups in total. The third-order valence-electron chi connectivity index (χ3n) is 1.94. The summed E-state index contributed by atoms with van der Waals surface area (Å²) in [6.07, 6.45) is 0. The second kappa shape index (κ2) is 4.26. The molecule has 0 heterocycles. The maximum Gasteiger partial charge on any atom is 0.312 e. The van der Waals surface area contributed by atoms with Crippen molar-refractivity contribution in [1.82, 2.24) is 0 Å². The summed E-state index contributed by atoms with van der Waals surface area (Å²) in [6.45, 7) is 1.41. The molecule has 0 saturated carbocycles. The lowest BCUT2D eigenvalue weighted by Gasteiger charge is -2.05. The lowest BCUT2D eigenvalue weighted by atomic mass is 10.3. The molecule has 0 saturated heterocycles. The van der Waals surface area contributed by atoms with E-state index in [9.17, 15) is 23.6 Å². The summed E-state index contributed by atoms with van der Waals surface area (Å²) in [6, 6.07) is 1.61.